The standard InChI is InChI=1S/C18H19Cl3N2O2/c1-2-3-7-25-13-6-4-5-12(8-13)22-11-18(24)23-17-10-15(20)14(19)9-16(17)21/h4-6,8-10,22H,2-3,7,11H2,1H3,(H,23,24). The highest BCUT2D eigenvalue weighted by Gasteiger charge is 2.09. The van der Waals surface area contributed by atoms with Crippen molar-refractivity contribution in [1.29, 1.82) is 0 Å². The summed E-state index contributed by atoms with van der Waals surface area (Å²) in [5.41, 5.74) is 1.21. The first-order valence-corrected chi connectivity index (χ1v) is 9.04. The van der Waals surface area contributed by atoms with Crippen molar-refractivity contribution >= 4 is 52.1 Å². The van der Waals surface area contributed by atoms with E-state index < -0.39 is 0 Å². The molecule has 7 heteroatoms. The van der Waals surface area contributed by atoms with E-state index in [9.17, 15) is 4.79 Å². The molecule has 0 saturated carbocycles. The third-order valence-corrected chi connectivity index (χ3v) is 4.37. The van der Waals surface area contributed by atoms with Crippen LogP contribution in [-0.2, 0) is 4.79 Å². The summed E-state index contributed by atoms with van der Waals surface area (Å²) in [6.45, 7) is 2.87. The number of anilines is 2. The molecule has 0 atom stereocenters. The zero-order valence-corrected chi connectivity index (χ0v) is 16.0. The molecular weight excluding hydrogens is 383 g/mol. The number of hydrogen-bond acceptors (Lipinski definition) is 3. The van der Waals surface area contributed by atoms with Gasteiger partial charge in [-0.1, -0.05) is 54.2 Å². The molecule has 0 unspecified atom stereocenters. The minimum atomic E-state index is -0.252. The van der Waals surface area contributed by atoms with Crippen molar-refractivity contribution in [3.8, 4) is 5.75 Å². The van der Waals surface area contributed by atoms with Gasteiger partial charge in [-0.25, -0.2) is 0 Å². The van der Waals surface area contributed by atoms with Crippen molar-refractivity contribution in [2.75, 3.05) is 23.8 Å². The Hall–Kier alpha value is -1.62. The van der Waals surface area contributed by atoms with E-state index in [0.717, 1.165) is 24.3 Å². The number of rotatable bonds is 8. The van der Waals surface area contributed by atoms with Crippen LogP contribution in [0.1, 0.15) is 19.8 Å². The highest BCUT2D eigenvalue weighted by molar-refractivity contribution is 6.44. The summed E-state index contributed by atoms with van der Waals surface area (Å²) in [6, 6.07) is 10.5. The van der Waals surface area contributed by atoms with Gasteiger partial charge in [0.2, 0.25) is 5.91 Å². The molecule has 1 amide bonds. The molecule has 2 aromatic carbocycles. The Morgan fingerprint density at radius 2 is 1.84 bits per heavy atom. The lowest BCUT2D eigenvalue weighted by Crippen LogP contribution is -2.22. The first-order chi connectivity index (χ1) is 12.0. The Morgan fingerprint density at radius 1 is 1.08 bits per heavy atom. The zero-order chi connectivity index (χ0) is 18.2. The Bertz CT molecular complexity index is 738. The monoisotopic (exact) mass is 400 g/mol. The number of carbonyl (C=O) groups is 1. The fourth-order valence-corrected chi connectivity index (χ4v) is 2.62. The molecule has 0 aromatic heterocycles. The molecule has 0 bridgehead atoms. The maximum absolute atomic E-state index is 12.1. The molecule has 0 aliphatic rings. The smallest absolute Gasteiger partial charge is 0.243 e. The van der Waals surface area contributed by atoms with Crippen LogP contribution in [0.4, 0.5) is 11.4 Å². The molecule has 4 nitrogen and oxygen atoms in total. The van der Waals surface area contributed by atoms with Crippen molar-refractivity contribution in [1.82, 2.24) is 0 Å². The summed E-state index contributed by atoms with van der Waals surface area (Å²) >= 11 is 17.9. The molecule has 0 heterocycles. The van der Waals surface area contributed by atoms with E-state index in [1.807, 2.05) is 24.3 Å². The molecule has 0 saturated heterocycles. The van der Waals surface area contributed by atoms with Crippen molar-refractivity contribution in [2.24, 2.45) is 0 Å². The molecular formula is C18H19Cl3N2O2. The highest BCUT2D eigenvalue weighted by atomic mass is 35.5. The summed E-state index contributed by atoms with van der Waals surface area (Å²) in [7, 11) is 0. The molecule has 0 aliphatic carbocycles. The summed E-state index contributed by atoms with van der Waals surface area (Å²) < 4.78 is 5.64. The predicted molar refractivity (Wildman–Crippen MR) is 105 cm³/mol. The third-order valence-electron chi connectivity index (χ3n) is 3.34. The van der Waals surface area contributed by atoms with Gasteiger partial charge in [-0.15, -0.1) is 0 Å². The second kappa shape index (κ2) is 9.76. The van der Waals surface area contributed by atoms with Crippen LogP contribution in [0.15, 0.2) is 36.4 Å². The molecule has 2 rings (SSSR count). The highest BCUT2D eigenvalue weighted by Crippen LogP contribution is 2.32. The van der Waals surface area contributed by atoms with E-state index in [0.29, 0.717) is 27.4 Å². The van der Waals surface area contributed by atoms with Crippen LogP contribution in [0.2, 0.25) is 15.1 Å². The molecule has 134 valence electrons. The third kappa shape index (κ3) is 6.31. The van der Waals surface area contributed by atoms with Crippen LogP contribution in [0.25, 0.3) is 0 Å². The second-order valence-corrected chi connectivity index (χ2v) is 6.60. The van der Waals surface area contributed by atoms with Gasteiger partial charge in [0.25, 0.3) is 0 Å². The lowest BCUT2D eigenvalue weighted by Gasteiger charge is -2.11. The summed E-state index contributed by atoms with van der Waals surface area (Å²) in [5, 5.41) is 6.73. The second-order valence-electron chi connectivity index (χ2n) is 5.38. The van der Waals surface area contributed by atoms with Gasteiger partial charge >= 0.3 is 0 Å². The van der Waals surface area contributed by atoms with Crippen molar-refractivity contribution in [3.63, 3.8) is 0 Å². The number of halogens is 3. The van der Waals surface area contributed by atoms with Crippen molar-refractivity contribution in [2.45, 2.75) is 19.8 Å². The van der Waals surface area contributed by atoms with E-state index >= 15 is 0 Å². The first kappa shape index (κ1) is 19.7. The Morgan fingerprint density at radius 3 is 2.60 bits per heavy atom. The van der Waals surface area contributed by atoms with Crippen LogP contribution >= 0.6 is 34.8 Å². The molecule has 2 aromatic rings. The van der Waals surface area contributed by atoms with Crippen molar-refractivity contribution in [3.05, 3.63) is 51.5 Å². The lowest BCUT2D eigenvalue weighted by atomic mass is 10.3. The fraction of sp³-hybridized carbons (Fsp3) is 0.278. The number of nitrogens with one attached hydrogen (secondary N) is 2. The zero-order valence-electron chi connectivity index (χ0n) is 13.7. The fourth-order valence-electron chi connectivity index (χ4n) is 2.03. The SMILES string of the molecule is CCCCOc1cccc(NCC(=O)Nc2cc(Cl)c(Cl)cc2Cl)c1. The van der Waals surface area contributed by atoms with Gasteiger partial charge in [0.15, 0.2) is 0 Å². The van der Waals surface area contributed by atoms with Crippen LogP contribution < -0.4 is 15.4 Å². The van der Waals surface area contributed by atoms with Gasteiger partial charge in [-0.05, 0) is 30.7 Å². The van der Waals surface area contributed by atoms with Crippen LogP contribution in [0, 0.1) is 0 Å². The minimum Gasteiger partial charge on any atom is -0.494 e. The van der Waals surface area contributed by atoms with E-state index in [4.69, 9.17) is 39.5 Å². The Balaban J connectivity index is 1.90. The number of benzene rings is 2. The topological polar surface area (TPSA) is 50.4 Å². The number of carbonyl (C=O) groups excluding carboxylic acids is 1. The summed E-state index contributed by atoms with van der Waals surface area (Å²) in [5.74, 6) is 0.518. The van der Waals surface area contributed by atoms with E-state index in [-0.39, 0.29) is 12.5 Å². The van der Waals surface area contributed by atoms with Crippen LogP contribution in [-0.4, -0.2) is 19.1 Å². The van der Waals surface area contributed by atoms with E-state index in [1.165, 1.54) is 12.1 Å². The number of hydrogen-bond donors (Lipinski definition) is 2. The molecule has 0 aliphatic heterocycles. The van der Waals surface area contributed by atoms with Gasteiger partial charge in [0.1, 0.15) is 5.75 Å². The summed E-state index contributed by atoms with van der Waals surface area (Å²) in [4.78, 5) is 12.1. The largest absolute Gasteiger partial charge is 0.494 e. The van der Waals surface area contributed by atoms with Gasteiger partial charge in [0.05, 0.1) is 33.9 Å². The van der Waals surface area contributed by atoms with E-state index in [2.05, 4.69) is 17.6 Å². The Labute approximate surface area is 162 Å². The quantitative estimate of drug-likeness (QED) is 0.429. The maximum Gasteiger partial charge on any atom is 0.243 e. The van der Waals surface area contributed by atoms with Crippen molar-refractivity contribution < 1.29 is 9.53 Å². The summed E-state index contributed by atoms with van der Waals surface area (Å²) in [6.07, 6.45) is 2.08. The molecule has 0 spiro atoms. The normalized spacial score (nSPS) is 10.4. The maximum atomic E-state index is 12.1. The lowest BCUT2D eigenvalue weighted by molar-refractivity contribution is -0.114. The van der Waals surface area contributed by atoms with Gasteiger partial charge in [0, 0.05) is 11.8 Å². The average molecular weight is 402 g/mol. The molecule has 0 radical (unpaired) electrons. The predicted octanol–water partition coefficient (Wildman–Crippen LogP) is 5.88. The number of unbranched alkanes of at least 4 members (excludes halogenated alkanes) is 1. The van der Waals surface area contributed by atoms with Gasteiger partial charge in [-0.2, -0.15) is 0 Å². The molecule has 25 heavy (non-hydrogen) atoms. The minimum absolute atomic E-state index is 0.0784. The van der Waals surface area contributed by atoms with E-state index in [1.54, 1.807) is 0 Å². The number of amides is 1. The van der Waals surface area contributed by atoms with Crippen LogP contribution in [0.5, 0.6) is 5.75 Å². The van der Waals surface area contributed by atoms with Gasteiger partial charge in [-0.3, -0.25) is 4.79 Å². The number of ether oxygens (including phenoxy) is 1. The first-order valence-electron chi connectivity index (χ1n) is 7.90. The Kier molecular flexibility index (Phi) is 7.69. The van der Waals surface area contributed by atoms with Gasteiger partial charge < -0.3 is 15.4 Å². The van der Waals surface area contributed by atoms with Crippen LogP contribution in [0.3, 0.4) is 0 Å². The average Bonchev–Trinajstić information content (AvgIpc) is 2.58. The molecule has 0 fully saturated rings. The molecule has 2 N–H and O–H groups in total.